The number of aliphatic carboxylic acids is 1. The van der Waals surface area contributed by atoms with Crippen molar-refractivity contribution in [2.24, 2.45) is 0 Å². The van der Waals surface area contributed by atoms with E-state index < -0.39 is 21.6 Å². The smallest absolute Gasteiger partial charge is 0.307 e. The molecule has 0 heterocycles. The number of carboxylic acids is 1. The number of rotatable bonds is 6. The molecular weight excluding hydrogens is 383 g/mol. The number of ether oxygens (including phenoxy) is 1. The van der Waals surface area contributed by atoms with E-state index in [4.69, 9.17) is 9.84 Å². The Morgan fingerprint density at radius 1 is 1.07 bits per heavy atom. The van der Waals surface area contributed by atoms with Crippen molar-refractivity contribution in [3.8, 4) is 11.5 Å². The molecule has 0 radical (unpaired) electrons. The highest BCUT2D eigenvalue weighted by atomic mass is 32.2. The summed E-state index contributed by atoms with van der Waals surface area (Å²) in [7, 11) is -3.34. The van der Waals surface area contributed by atoms with Crippen LogP contribution in [0, 0.1) is 12.7 Å². The first-order valence-corrected chi connectivity index (χ1v) is 10.3. The Labute approximate surface area is 162 Å². The van der Waals surface area contributed by atoms with Crippen LogP contribution < -0.4 is 4.74 Å². The van der Waals surface area contributed by atoms with Crippen molar-refractivity contribution < 1.29 is 27.4 Å². The van der Waals surface area contributed by atoms with Crippen LogP contribution in [-0.4, -0.2) is 25.2 Å². The number of hydrogen-bond donors (Lipinski definition) is 1. The van der Waals surface area contributed by atoms with Crippen LogP contribution in [0.15, 0.2) is 53.4 Å². The molecule has 0 aliphatic carbocycles. The van der Waals surface area contributed by atoms with Gasteiger partial charge in [0.15, 0.2) is 9.84 Å². The molecule has 0 aromatic heterocycles. The first-order valence-electron chi connectivity index (χ1n) is 8.65. The van der Waals surface area contributed by atoms with Gasteiger partial charge in [-0.2, -0.15) is 0 Å². The highest BCUT2D eigenvalue weighted by Gasteiger charge is 2.15. The lowest BCUT2D eigenvalue weighted by Crippen LogP contribution is -2.04. The summed E-state index contributed by atoms with van der Waals surface area (Å²) in [5.74, 6) is -0.717. The molecule has 1 N–H and O–H groups in total. The molecule has 5 nitrogen and oxygen atoms in total. The Hall–Kier alpha value is -2.93. The molecule has 3 aromatic carbocycles. The minimum atomic E-state index is -3.34. The van der Waals surface area contributed by atoms with Gasteiger partial charge in [0.05, 0.1) is 17.1 Å². The molecule has 0 bridgehead atoms. The largest absolute Gasteiger partial charge is 0.481 e. The molecule has 0 aliphatic heterocycles. The normalized spacial score (nSPS) is 11.5. The molecule has 28 heavy (non-hydrogen) atoms. The third-order valence-corrected chi connectivity index (χ3v) is 6.13. The minimum Gasteiger partial charge on any atom is -0.481 e. The van der Waals surface area contributed by atoms with Gasteiger partial charge in [0.2, 0.25) is 0 Å². The first kappa shape index (κ1) is 19.8. The number of benzene rings is 3. The number of fused-ring (bicyclic) bond motifs is 1. The predicted octanol–water partition coefficient (Wildman–Crippen LogP) is 4.50. The number of aryl methyl sites for hydroxylation is 1. The highest BCUT2D eigenvalue weighted by Crippen LogP contribution is 2.34. The molecule has 3 rings (SSSR count). The second-order valence-corrected chi connectivity index (χ2v) is 8.74. The van der Waals surface area contributed by atoms with E-state index in [0.29, 0.717) is 33.4 Å². The lowest BCUT2D eigenvalue weighted by Gasteiger charge is -2.14. The zero-order valence-corrected chi connectivity index (χ0v) is 16.2. The Morgan fingerprint density at radius 3 is 2.46 bits per heavy atom. The molecular formula is C21H19FO5S. The molecule has 146 valence electrons. The van der Waals surface area contributed by atoms with Crippen molar-refractivity contribution >= 4 is 26.6 Å². The van der Waals surface area contributed by atoms with E-state index in [0.717, 1.165) is 0 Å². The van der Waals surface area contributed by atoms with Crippen LogP contribution in [0.25, 0.3) is 10.8 Å². The number of halogens is 1. The maximum absolute atomic E-state index is 13.8. The molecule has 0 aliphatic rings. The Bertz CT molecular complexity index is 1170. The molecule has 0 fully saturated rings. The van der Waals surface area contributed by atoms with Gasteiger partial charge in [-0.3, -0.25) is 4.79 Å². The topological polar surface area (TPSA) is 80.7 Å². The zero-order chi connectivity index (χ0) is 20.5. The third-order valence-electron chi connectivity index (χ3n) is 4.40. The van der Waals surface area contributed by atoms with Gasteiger partial charge < -0.3 is 9.84 Å². The Kier molecular flexibility index (Phi) is 5.38. The lowest BCUT2D eigenvalue weighted by molar-refractivity contribution is -0.136. The van der Waals surface area contributed by atoms with E-state index >= 15 is 0 Å². The molecule has 3 aromatic rings. The fourth-order valence-corrected chi connectivity index (χ4v) is 3.90. The molecule has 0 spiro atoms. The lowest BCUT2D eigenvalue weighted by atomic mass is 10.0. The molecule has 0 unspecified atom stereocenters. The minimum absolute atomic E-state index is 0.00616. The van der Waals surface area contributed by atoms with Crippen LogP contribution in [0.4, 0.5) is 4.39 Å². The summed E-state index contributed by atoms with van der Waals surface area (Å²) in [6.07, 6.45) is -0.198. The van der Waals surface area contributed by atoms with Crippen LogP contribution >= 0.6 is 0 Å². The number of carbonyl (C=O) groups is 1. The van der Waals surface area contributed by atoms with E-state index in [-0.39, 0.29) is 17.1 Å². The monoisotopic (exact) mass is 402 g/mol. The van der Waals surface area contributed by atoms with Crippen molar-refractivity contribution in [1.82, 2.24) is 0 Å². The van der Waals surface area contributed by atoms with Gasteiger partial charge >= 0.3 is 5.97 Å². The Morgan fingerprint density at radius 2 is 1.82 bits per heavy atom. The van der Waals surface area contributed by atoms with Crippen molar-refractivity contribution in [3.05, 3.63) is 65.5 Å². The summed E-state index contributed by atoms with van der Waals surface area (Å²) in [6, 6.07) is 12.0. The molecule has 0 saturated carbocycles. The van der Waals surface area contributed by atoms with Gasteiger partial charge in [-0.05, 0) is 59.8 Å². The number of hydrogen-bond acceptors (Lipinski definition) is 4. The summed E-state index contributed by atoms with van der Waals surface area (Å²) in [5, 5.41) is 10.2. The van der Waals surface area contributed by atoms with Crippen molar-refractivity contribution in [2.45, 2.75) is 25.2 Å². The van der Waals surface area contributed by atoms with Gasteiger partial charge in [-0.1, -0.05) is 19.1 Å². The standard InChI is InChI=1S/C21H19FO5S/c1-3-28(25,26)17-6-7-19(13(2)8-17)27-20-10-14(11-21(23)24)9-15-4-5-16(22)12-18(15)20/h4-10,12H,3,11H2,1-2H3,(H,23,24). The average Bonchev–Trinajstić information content (AvgIpc) is 2.63. The summed E-state index contributed by atoms with van der Waals surface area (Å²) in [6.45, 7) is 3.29. The van der Waals surface area contributed by atoms with Crippen LogP contribution in [0.3, 0.4) is 0 Å². The van der Waals surface area contributed by atoms with Crippen LogP contribution in [0.5, 0.6) is 11.5 Å². The Balaban J connectivity index is 2.08. The molecule has 0 atom stereocenters. The van der Waals surface area contributed by atoms with E-state index in [1.807, 2.05) is 0 Å². The van der Waals surface area contributed by atoms with E-state index in [1.54, 1.807) is 38.1 Å². The molecule has 7 heteroatoms. The van der Waals surface area contributed by atoms with Gasteiger partial charge in [0.1, 0.15) is 17.3 Å². The van der Waals surface area contributed by atoms with E-state index in [1.165, 1.54) is 24.3 Å². The average molecular weight is 402 g/mol. The maximum Gasteiger partial charge on any atom is 0.307 e. The van der Waals surface area contributed by atoms with Gasteiger partial charge in [0.25, 0.3) is 0 Å². The zero-order valence-electron chi connectivity index (χ0n) is 15.4. The van der Waals surface area contributed by atoms with Crippen molar-refractivity contribution in [3.63, 3.8) is 0 Å². The van der Waals surface area contributed by atoms with Crippen LogP contribution in [0.1, 0.15) is 18.1 Å². The van der Waals surface area contributed by atoms with Crippen molar-refractivity contribution in [2.75, 3.05) is 5.75 Å². The van der Waals surface area contributed by atoms with Crippen LogP contribution in [-0.2, 0) is 21.1 Å². The van der Waals surface area contributed by atoms with E-state index in [2.05, 4.69) is 0 Å². The van der Waals surface area contributed by atoms with E-state index in [9.17, 15) is 17.6 Å². The summed E-state index contributed by atoms with van der Waals surface area (Å²) in [5.41, 5.74) is 1.12. The second-order valence-electron chi connectivity index (χ2n) is 6.46. The highest BCUT2D eigenvalue weighted by molar-refractivity contribution is 7.91. The summed E-state index contributed by atoms with van der Waals surface area (Å²) in [4.78, 5) is 11.3. The molecule has 0 saturated heterocycles. The van der Waals surface area contributed by atoms with Gasteiger partial charge in [-0.15, -0.1) is 0 Å². The number of sulfone groups is 1. The quantitative estimate of drug-likeness (QED) is 0.657. The maximum atomic E-state index is 13.8. The van der Waals surface area contributed by atoms with Crippen LogP contribution in [0.2, 0.25) is 0 Å². The van der Waals surface area contributed by atoms with Crippen molar-refractivity contribution in [1.29, 1.82) is 0 Å². The summed E-state index contributed by atoms with van der Waals surface area (Å²) < 4.78 is 43.8. The van der Waals surface area contributed by atoms with Gasteiger partial charge in [0, 0.05) is 5.39 Å². The first-order chi connectivity index (χ1) is 13.2. The fraction of sp³-hybridized carbons (Fsp3) is 0.190. The van der Waals surface area contributed by atoms with Gasteiger partial charge in [-0.25, -0.2) is 12.8 Å². The fourth-order valence-electron chi connectivity index (χ4n) is 2.93. The SMILES string of the molecule is CCS(=O)(=O)c1ccc(Oc2cc(CC(=O)O)cc3ccc(F)cc23)c(C)c1. The predicted molar refractivity (Wildman–Crippen MR) is 104 cm³/mol. The number of carboxylic acid groups (broad SMARTS) is 1. The molecule has 0 amide bonds. The summed E-state index contributed by atoms with van der Waals surface area (Å²) >= 11 is 0. The second kappa shape index (κ2) is 7.59. The third kappa shape index (κ3) is 4.14.